The Balaban J connectivity index is 1.71. The van der Waals surface area contributed by atoms with Gasteiger partial charge >= 0.3 is 0 Å². The van der Waals surface area contributed by atoms with Crippen molar-refractivity contribution in [3.63, 3.8) is 0 Å². The molecule has 3 rings (SSSR count). The summed E-state index contributed by atoms with van der Waals surface area (Å²) in [5.74, 6) is 1.05. The van der Waals surface area contributed by atoms with Gasteiger partial charge in [-0.2, -0.15) is 5.10 Å². The fourth-order valence-corrected chi connectivity index (χ4v) is 2.71. The van der Waals surface area contributed by atoms with E-state index in [9.17, 15) is 5.11 Å². The van der Waals surface area contributed by atoms with Gasteiger partial charge < -0.3 is 15.6 Å². The Morgan fingerprint density at radius 1 is 1.29 bits per heavy atom. The molecule has 2 heterocycles. The van der Waals surface area contributed by atoms with Crippen LogP contribution in [0, 0.1) is 0 Å². The first-order valence-electron chi connectivity index (χ1n) is 6.80. The number of anilines is 1. The second kappa shape index (κ2) is 5.98. The third kappa shape index (κ3) is 3.33. The van der Waals surface area contributed by atoms with Crippen LogP contribution in [0.5, 0.6) is 11.6 Å². The van der Waals surface area contributed by atoms with Crippen molar-refractivity contribution < 1.29 is 9.84 Å². The van der Waals surface area contributed by atoms with Crippen LogP contribution in [0.2, 0.25) is 0 Å². The minimum atomic E-state index is -0.177. The van der Waals surface area contributed by atoms with E-state index in [2.05, 4.69) is 31.0 Å². The lowest BCUT2D eigenvalue weighted by Crippen LogP contribution is -2.21. The molecule has 21 heavy (non-hydrogen) atoms. The van der Waals surface area contributed by atoms with Crippen LogP contribution in [-0.4, -0.2) is 31.0 Å². The Hall–Kier alpha value is -1.67. The molecule has 0 spiro atoms. The number of hydrogen-bond acceptors (Lipinski definition) is 6. The van der Waals surface area contributed by atoms with E-state index in [1.54, 1.807) is 6.20 Å². The fourth-order valence-electron chi connectivity index (χ4n) is 2.44. The zero-order valence-corrected chi connectivity index (χ0v) is 12.9. The first-order valence-corrected chi connectivity index (χ1v) is 7.59. The number of aliphatic hydroxyl groups is 1. The highest BCUT2D eigenvalue weighted by atomic mass is 79.9. The molecule has 1 saturated carbocycles. The molecule has 1 aliphatic rings. The summed E-state index contributed by atoms with van der Waals surface area (Å²) in [7, 11) is 0. The summed E-state index contributed by atoms with van der Waals surface area (Å²) in [6, 6.07) is 0.302. The standard InChI is InChI=1S/C13H16BrN5O2/c14-11-6-16-12(15)13(18-11)21-10-5-17-19(7-10)8-1-3-9(20)4-2-8/h5-9,20H,1-4H2,(H2,15,16). The van der Waals surface area contributed by atoms with Crippen molar-refractivity contribution in [2.24, 2.45) is 0 Å². The summed E-state index contributed by atoms with van der Waals surface area (Å²) < 4.78 is 8.05. The van der Waals surface area contributed by atoms with Gasteiger partial charge in [0.1, 0.15) is 4.60 Å². The molecule has 0 amide bonds. The first kappa shape index (κ1) is 14.3. The number of halogens is 1. The van der Waals surface area contributed by atoms with Crippen LogP contribution in [0.25, 0.3) is 0 Å². The lowest BCUT2D eigenvalue weighted by Gasteiger charge is -2.25. The highest BCUT2D eigenvalue weighted by Gasteiger charge is 2.21. The van der Waals surface area contributed by atoms with Gasteiger partial charge in [-0.25, -0.2) is 9.97 Å². The van der Waals surface area contributed by atoms with Gasteiger partial charge in [0.2, 0.25) is 0 Å². The smallest absolute Gasteiger partial charge is 0.263 e. The summed E-state index contributed by atoms with van der Waals surface area (Å²) >= 11 is 3.23. The van der Waals surface area contributed by atoms with E-state index >= 15 is 0 Å². The third-order valence-electron chi connectivity index (χ3n) is 3.57. The van der Waals surface area contributed by atoms with Gasteiger partial charge in [0, 0.05) is 0 Å². The molecule has 0 aromatic carbocycles. The maximum absolute atomic E-state index is 9.54. The number of hydrogen-bond donors (Lipinski definition) is 2. The molecule has 7 nitrogen and oxygen atoms in total. The average Bonchev–Trinajstić information content (AvgIpc) is 2.92. The molecule has 1 aliphatic carbocycles. The van der Waals surface area contributed by atoms with E-state index in [4.69, 9.17) is 10.5 Å². The Kier molecular flexibility index (Phi) is 4.07. The lowest BCUT2D eigenvalue weighted by atomic mass is 9.93. The molecule has 0 aliphatic heterocycles. The summed E-state index contributed by atoms with van der Waals surface area (Å²) in [4.78, 5) is 8.10. The van der Waals surface area contributed by atoms with Gasteiger partial charge in [-0.15, -0.1) is 0 Å². The van der Waals surface area contributed by atoms with Crippen molar-refractivity contribution >= 4 is 21.7 Å². The maximum Gasteiger partial charge on any atom is 0.263 e. The third-order valence-corrected chi connectivity index (χ3v) is 3.95. The number of nitrogens with zero attached hydrogens (tertiary/aromatic N) is 4. The number of aromatic nitrogens is 4. The number of aliphatic hydroxyl groups excluding tert-OH is 1. The zero-order valence-electron chi connectivity index (χ0n) is 11.3. The Morgan fingerprint density at radius 2 is 2.05 bits per heavy atom. The van der Waals surface area contributed by atoms with Gasteiger partial charge in [-0.1, -0.05) is 0 Å². The van der Waals surface area contributed by atoms with Crippen LogP contribution in [0.4, 0.5) is 5.82 Å². The van der Waals surface area contributed by atoms with Gasteiger partial charge in [0.05, 0.1) is 30.7 Å². The minimum Gasteiger partial charge on any atom is -0.433 e. The molecule has 0 bridgehead atoms. The van der Waals surface area contributed by atoms with E-state index in [0.29, 0.717) is 16.4 Å². The Morgan fingerprint density at radius 3 is 2.81 bits per heavy atom. The molecule has 0 radical (unpaired) electrons. The molecule has 0 atom stereocenters. The number of rotatable bonds is 3. The normalized spacial score (nSPS) is 22.2. The van der Waals surface area contributed by atoms with E-state index < -0.39 is 0 Å². The summed E-state index contributed by atoms with van der Waals surface area (Å²) in [5.41, 5.74) is 5.73. The van der Waals surface area contributed by atoms with Crippen LogP contribution in [0.3, 0.4) is 0 Å². The fraction of sp³-hybridized carbons (Fsp3) is 0.462. The van der Waals surface area contributed by atoms with Gasteiger partial charge in [0.15, 0.2) is 11.6 Å². The van der Waals surface area contributed by atoms with Gasteiger partial charge in [-0.05, 0) is 41.6 Å². The summed E-state index contributed by atoms with van der Waals surface area (Å²) in [6.45, 7) is 0. The SMILES string of the molecule is Nc1ncc(Br)nc1Oc1cnn(C2CCC(O)CC2)c1. The monoisotopic (exact) mass is 353 g/mol. The Labute approximate surface area is 130 Å². The largest absolute Gasteiger partial charge is 0.433 e. The van der Waals surface area contributed by atoms with Crippen molar-refractivity contribution in [1.29, 1.82) is 0 Å². The molecule has 0 unspecified atom stereocenters. The van der Waals surface area contributed by atoms with Crippen LogP contribution < -0.4 is 10.5 Å². The van der Waals surface area contributed by atoms with E-state index in [0.717, 1.165) is 25.7 Å². The molecule has 2 aromatic heterocycles. The van der Waals surface area contributed by atoms with Gasteiger partial charge in [-0.3, -0.25) is 4.68 Å². The van der Waals surface area contributed by atoms with Crippen molar-refractivity contribution in [2.75, 3.05) is 5.73 Å². The topological polar surface area (TPSA) is 99.1 Å². The second-order valence-electron chi connectivity index (χ2n) is 5.10. The number of nitrogens with two attached hydrogens (primary N) is 1. The van der Waals surface area contributed by atoms with E-state index in [-0.39, 0.29) is 17.8 Å². The summed E-state index contributed by atoms with van der Waals surface area (Å²) in [5, 5.41) is 13.9. The molecule has 112 valence electrons. The quantitative estimate of drug-likeness (QED) is 0.877. The molecule has 8 heteroatoms. The van der Waals surface area contributed by atoms with Crippen molar-refractivity contribution in [2.45, 2.75) is 37.8 Å². The van der Waals surface area contributed by atoms with Crippen LogP contribution >= 0.6 is 15.9 Å². The number of nitrogen functional groups attached to an aromatic ring is 1. The predicted molar refractivity (Wildman–Crippen MR) is 80.0 cm³/mol. The second-order valence-corrected chi connectivity index (χ2v) is 5.92. The lowest BCUT2D eigenvalue weighted by molar-refractivity contribution is 0.108. The highest BCUT2D eigenvalue weighted by Crippen LogP contribution is 2.30. The predicted octanol–water partition coefficient (Wildman–Crippen LogP) is 2.29. The highest BCUT2D eigenvalue weighted by molar-refractivity contribution is 9.10. The van der Waals surface area contributed by atoms with Crippen molar-refractivity contribution in [3.8, 4) is 11.6 Å². The number of ether oxygens (including phenoxy) is 1. The average molecular weight is 354 g/mol. The Bertz CT molecular complexity index is 625. The molecular weight excluding hydrogens is 338 g/mol. The first-order chi connectivity index (χ1) is 10.1. The molecule has 2 aromatic rings. The molecule has 3 N–H and O–H groups in total. The van der Waals surface area contributed by atoms with Crippen LogP contribution in [0.15, 0.2) is 23.2 Å². The van der Waals surface area contributed by atoms with Gasteiger partial charge in [0.25, 0.3) is 5.88 Å². The summed E-state index contributed by atoms with van der Waals surface area (Å²) in [6.07, 6.45) is 8.25. The van der Waals surface area contributed by atoms with Crippen molar-refractivity contribution in [1.82, 2.24) is 19.7 Å². The van der Waals surface area contributed by atoms with E-state index in [1.165, 1.54) is 6.20 Å². The van der Waals surface area contributed by atoms with Crippen LogP contribution in [-0.2, 0) is 0 Å². The molecule has 0 saturated heterocycles. The molecular formula is C13H16BrN5O2. The zero-order chi connectivity index (χ0) is 14.8. The molecule has 1 fully saturated rings. The van der Waals surface area contributed by atoms with E-state index in [1.807, 2.05) is 10.9 Å². The van der Waals surface area contributed by atoms with Crippen molar-refractivity contribution in [3.05, 3.63) is 23.2 Å². The maximum atomic E-state index is 9.54. The van der Waals surface area contributed by atoms with Crippen LogP contribution in [0.1, 0.15) is 31.7 Å². The minimum absolute atomic E-state index is 0.177.